The summed E-state index contributed by atoms with van der Waals surface area (Å²) in [5.41, 5.74) is 0.395. The Balaban J connectivity index is 1.59. The molecular weight excluding hydrogens is 268 g/mol. The molecule has 2 fully saturated rings. The molecule has 0 aliphatic carbocycles. The minimum absolute atomic E-state index is 0.125. The fourth-order valence-electron chi connectivity index (χ4n) is 2.93. The van der Waals surface area contributed by atoms with Gasteiger partial charge in [0.15, 0.2) is 5.69 Å². The van der Waals surface area contributed by atoms with Crippen LogP contribution >= 0.6 is 0 Å². The van der Waals surface area contributed by atoms with E-state index < -0.39 is 0 Å². The van der Waals surface area contributed by atoms with Gasteiger partial charge in [-0.1, -0.05) is 12.1 Å². The highest BCUT2D eigenvalue weighted by atomic mass is 16.5. The van der Waals surface area contributed by atoms with Crippen LogP contribution in [0.15, 0.2) is 10.6 Å². The first kappa shape index (κ1) is 14.5. The van der Waals surface area contributed by atoms with Crippen LogP contribution in [-0.2, 0) is 0 Å². The third kappa shape index (κ3) is 2.96. The van der Waals surface area contributed by atoms with Crippen molar-refractivity contribution in [3.8, 4) is 0 Å². The van der Waals surface area contributed by atoms with Gasteiger partial charge in [-0.05, 0) is 19.8 Å². The minimum Gasteiger partial charge on any atom is -0.360 e. The first-order valence-electron chi connectivity index (χ1n) is 7.77. The molecule has 2 N–H and O–H groups in total. The van der Waals surface area contributed by atoms with Crippen LogP contribution in [0.5, 0.6) is 0 Å². The van der Waals surface area contributed by atoms with Crippen molar-refractivity contribution in [1.82, 2.24) is 20.7 Å². The standard InChI is InChI=1S/C15H24N4O2/c1-9(2)19-7-10(3)13(8-19)17-15(20)12-4-14(21-18-12)11-5-16-6-11/h4,9-11,13,16H,5-8H2,1-3H3,(H,17,20). The fourth-order valence-corrected chi connectivity index (χ4v) is 2.93. The Bertz CT molecular complexity index is 510. The van der Waals surface area contributed by atoms with Crippen molar-refractivity contribution in [2.24, 2.45) is 5.92 Å². The summed E-state index contributed by atoms with van der Waals surface area (Å²) in [6, 6.07) is 2.48. The highest BCUT2D eigenvalue weighted by molar-refractivity contribution is 5.92. The van der Waals surface area contributed by atoms with Gasteiger partial charge < -0.3 is 15.2 Å². The summed E-state index contributed by atoms with van der Waals surface area (Å²) in [5, 5.41) is 10.2. The van der Waals surface area contributed by atoms with E-state index in [-0.39, 0.29) is 11.9 Å². The van der Waals surface area contributed by atoms with E-state index in [1.54, 1.807) is 6.07 Å². The maximum absolute atomic E-state index is 12.3. The van der Waals surface area contributed by atoms with Crippen LogP contribution in [0.4, 0.5) is 0 Å². The molecule has 2 aliphatic heterocycles. The highest BCUT2D eigenvalue weighted by Gasteiger charge is 2.33. The topological polar surface area (TPSA) is 70.4 Å². The number of carbonyl (C=O) groups is 1. The maximum atomic E-state index is 12.3. The smallest absolute Gasteiger partial charge is 0.273 e. The normalized spacial score (nSPS) is 27.0. The number of rotatable bonds is 4. The van der Waals surface area contributed by atoms with Gasteiger partial charge in [0.25, 0.3) is 5.91 Å². The monoisotopic (exact) mass is 292 g/mol. The molecule has 0 saturated carbocycles. The van der Waals surface area contributed by atoms with E-state index in [0.717, 1.165) is 31.9 Å². The summed E-state index contributed by atoms with van der Waals surface area (Å²) in [6.45, 7) is 10.3. The average molecular weight is 292 g/mol. The predicted molar refractivity (Wildman–Crippen MR) is 79.2 cm³/mol. The molecule has 21 heavy (non-hydrogen) atoms. The van der Waals surface area contributed by atoms with Gasteiger partial charge in [-0.15, -0.1) is 0 Å². The molecule has 1 aromatic rings. The Morgan fingerprint density at radius 1 is 1.48 bits per heavy atom. The van der Waals surface area contributed by atoms with Crippen molar-refractivity contribution in [3.05, 3.63) is 17.5 Å². The van der Waals surface area contributed by atoms with Crippen molar-refractivity contribution in [2.45, 2.75) is 38.8 Å². The number of hydrogen-bond donors (Lipinski definition) is 2. The lowest BCUT2D eigenvalue weighted by Gasteiger charge is -2.23. The van der Waals surface area contributed by atoms with Gasteiger partial charge in [0, 0.05) is 50.2 Å². The summed E-state index contributed by atoms with van der Waals surface area (Å²) >= 11 is 0. The molecule has 0 bridgehead atoms. The van der Waals surface area contributed by atoms with Crippen molar-refractivity contribution >= 4 is 5.91 Å². The lowest BCUT2D eigenvalue weighted by atomic mass is 10.0. The van der Waals surface area contributed by atoms with E-state index in [4.69, 9.17) is 4.52 Å². The third-order valence-corrected chi connectivity index (χ3v) is 4.63. The summed E-state index contributed by atoms with van der Waals surface area (Å²) in [5.74, 6) is 1.50. The van der Waals surface area contributed by atoms with Crippen LogP contribution < -0.4 is 10.6 Å². The zero-order chi connectivity index (χ0) is 15.0. The molecule has 0 radical (unpaired) electrons. The summed E-state index contributed by atoms with van der Waals surface area (Å²) in [4.78, 5) is 14.7. The Labute approximate surface area is 125 Å². The van der Waals surface area contributed by atoms with Gasteiger partial charge in [-0.2, -0.15) is 0 Å². The Kier molecular flexibility index (Phi) is 3.99. The van der Waals surface area contributed by atoms with Crippen molar-refractivity contribution < 1.29 is 9.32 Å². The molecule has 2 saturated heterocycles. The average Bonchev–Trinajstić information content (AvgIpc) is 2.95. The first-order chi connectivity index (χ1) is 10.0. The van der Waals surface area contributed by atoms with Gasteiger partial charge in [0.05, 0.1) is 0 Å². The Morgan fingerprint density at radius 3 is 2.81 bits per heavy atom. The van der Waals surface area contributed by atoms with E-state index >= 15 is 0 Å². The quantitative estimate of drug-likeness (QED) is 0.860. The molecule has 116 valence electrons. The van der Waals surface area contributed by atoms with Crippen molar-refractivity contribution in [3.63, 3.8) is 0 Å². The summed E-state index contributed by atoms with van der Waals surface area (Å²) < 4.78 is 5.28. The largest absolute Gasteiger partial charge is 0.360 e. The zero-order valence-electron chi connectivity index (χ0n) is 12.9. The molecule has 3 heterocycles. The van der Waals surface area contributed by atoms with Gasteiger partial charge in [-0.25, -0.2) is 0 Å². The lowest BCUT2D eigenvalue weighted by molar-refractivity contribution is 0.0921. The van der Waals surface area contributed by atoms with Gasteiger partial charge in [0.2, 0.25) is 0 Å². The van der Waals surface area contributed by atoms with Crippen LogP contribution in [0.3, 0.4) is 0 Å². The molecule has 2 aliphatic rings. The van der Waals surface area contributed by atoms with Gasteiger partial charge in [0.1, 0.15) is 5.76 Å². The number of nitrogens with zero attached hydrogens (tertiary/aromatic N) is 2. The number of aromatic nitrogens is 1. The second kappa shape index (κ2) is 5.77. The SMILES string of the molecule is CC1CN(C(C)C)CC1NC(=O)c1cc(C2CNC2)on1. The molecule has 0 spiro atoms. The number of nitrogens with one attached hydrogen (secondary N) is 2. The molecule has 1 aromatic heterocycles. The first-order valence-corrected chi connectivity index (χ1v) is 7.77. The second-order valence-electron chi connectivity index (χ2n) is 6.57. The number of hydrogen-bond acceptors (Lipinski definition) is 5. The van der Waals surface area contributed by atoms with Crippen LogP contribution in [0.1, 0.15) is 42.9 Å². The highest BCUT2D eigenvalue weighted by Crippen LogP contribution is 2.22. The van der Waals surface area contributed by atoms with Gasteiger partial charge >= 0.3 is 0 Å². The minimum atomic E-state index is -0.125. The van der Waals surface area contributed by atoms with Crippen molar-refractivity contribution in [2.75, 3.05) is 26.2 Å². The molecule has 2 unspecified atom stereocenters. The maximum Gasteiger partial charge on any atom is 0.273 e. The van der Waals surface area contributed by atoms with E-state index in [1.807, 2.05) is 0 Å². The molecule has 6 nitrogen and oxygen atoms in total. The third-order valence-electron chi connectivity index (χ3n) is 4.63. The number of amides is 1. The van der Waals surface area contributed by atoms with Crippen molar-refractivity contribution in [1.29, 1.82) is 0 Å². The number of carbonyl (C=O) groups excluding carboxylic acids is 1. The predicted octanol–water partition coefficient (Wildman–Crippen LogP) is 0.820. The molecule has 3 rings (SSSR count). The van der Waals surface area contributed by atoms with Crippen LogP contribution in [0.2, 0.25) is 0 Å². The van der Waals surface area contributed by atoms with E-state index in [0.29, 0.717) is 23.6 Å². The Morgan fingerprint density at radius 2 is 2.24 bits per heavy atom. The van der Waals surface area contributed by atoms with Gasteiger partial charge in [-0.3, -0.25) is 9.69 Å². The summed E-state index contributed by atoms with van der Waals surface area (Å²) in [7, 11) is 0. The molecule has 0 aromatic carbocycles. The lowest BCUT2D eigenvalue weighted by Crippen LogP contribution is -2.40. The molecule has 1 amide bonds. The van der Waals surface area contributed by atoms with Crippen LogP contribution in [0, 0.1) is 5.92 Å². The second-order valence-corrected chi connectivity index (χ2v) is 6.57. The van der Waals surface area contributed by atoms with Crippen LogP contribution in [-0.4, -0.2) is 54.2 Å². The van der Waals surface area contributed by atoms with E-state index in [1.165, 1.54) is 0 Å². The summed E-state index contributed by atoms with van der Waals surface area (Å²) in [6.07, 6.45) is 0. The molecular formula is C15H24N4O2. The van der Waals surface area contributed by atoms with E-state index in [9.17, 15) is 4.79 Å². The fraction of sp³-hybridized carbons (Fsp3) is 0.733. The van der Waals surface area contributed by atoms with E-state index in [2.05, 4.69) is 41.5 Å². The zero-order valence-corrected chi connectivity index (χ0v) is 12.9. The molecule has 2 atom stereocenters. The van der Waals surface area contributed by atoms with Crippen LogP contribution in [0.25, 0.3) is 0 Å². The number of likely N-dealkylation sites (tertiary alicyclic amines) is 1. The Hall–Kier alpha value is -1.40. The molecule has 6 heteroatoms.